The van der Waals surface area contributed by atoms with Crippen LogP contribution < -0.4 is 14.8 Å². The largest absolute Gasteiger partial charge is 0.508 e. The third kappa shape index (κ3) is 3.44. The minimum absolute atomic E-state index is 0.0157. The average Bonchev–Trinajstić information content (AvgIpc) is 2.47. The standard InChI is InChI=1S/C15H16ClNO4/c1-20-14-7-12(15(21-2)6-11(14)16)17-8-9-3-4-10(18)5-13(9)19/h3-7,17-19H,8H2,1-2H3. The topological polar surface area (TPSA) is 71.0 Å². The molecule has 0 unspecified atom stereocenters. The number of hydrogen-bond donors (Lipinski definition) is 3. The molecule has 0 spiro atoms. The molecule has 6 heteroatoms. The molecular weight excluding hydrogens is 294 g/mol. The highest BCUT2D eigenvalue weighted by Gasteiger charge is 2.10. The lowest BCUT2D eigenvalue weighted by Crippen LogP contribution is -2.02. The number of hydrogen-bond acceptors (Lipinski definition) is 5. The van der Waals surface area contributed by atoms with E-state index >= 15 is 0 Å². The molecule has 2 aromatic rings. The molecule has 0 radical (unpaired) electrons. The molecule has 0 bridgehead atoms. The summed E-state index contributed by atoms with van der Waals surface area (Å²) in [5.74, 6) is 1.12. The maximum Gasteiger partial charge on any atom is 0.143 e. The predicted molar refractivity (Wildman–Crippen MR) is 81.7 cm³/mol. The van der Waals surface area contributed by atoms with Crippen LogP contribution in [0.2, 0.25) is 5.02 Å². The van der Waals surface area contributed by atoms with Crippen molar-refractivity contribution in [3.63, 3.8) is 0 Å². The van der Waals surface area contributed by atoms with E-state index in [-0.39, 0.29) is 11.5 Å². The van der Waals surface area contributed by atoms with Crippen molar-refractivity contribution in [2.24, 2.45) is 0 Å². The molecule has 5 nitrogen and oxygen atoms in total. The average molecular weight is 310 g/mol. The molecule has 0 amide bonds. The van der Waals surface area contributed by atoms with Gasteiger partial charge in [-0.2, -0.15) is 0 Å². The lowest BCUT2D eigenvalue weighted by molar-refractivity contribution is 0.404. The van der Waals surface area contributed by atoms with Crippen molar-refractivity contribution in [1.29, 1.82) is 0 Å². The molecule has 0 atom stereocenters. The van der Waals surface area contributed by atoms with Gasteiger partial charge in [0.05, 0.1) is 24.9 Å². The summed E-state index contributed by atoms with van der Waals surface area (Å²) in [6.07, 6.45) is 0. The third-order valence-electron chi connectivity index (χ3n) is 3.01. The van der Waals surface area contributed by atoms with Crippen molar-refractivity contribution in [3.8, 4) is 23.0 Å². The van der Waals surface area contributed by atoms with Crippen LogP contribution in [0.25, 0.3) is 0 Å². The Morgan fingerprint density at radius 2 is 1.76 bits per heavy atom. The second-order valence-corrected chi connectivity index (χ2v) is 4.76. The molecule has 0 aliphatic rings. The summed E-state index contributed by atoms with van der Waals surface area (Å²) in [7, 11) is 3.07. The van der Waals surface area contributed by atoms with E-state index in [1.54, 1.807) is 25.3 Å². The first-order chi connectivity index (χ1) is 10.0. The van der Waals surface area contributed by atoms with E-state index in [1.165, 1.54) is 19.2 Å². The zero-order chi connectivity index (χ0) is 15.4. The Morgan fingerprint density at radius 1 is 1.05 bits per heavy atom. The molecule has 2 aromatic carbocycles. The van der Waals surface area contributed by atoms with E-state index in [0.717, 1.165) is 0 Å². The maximum absolute atomic E-state index is 9.76. The number of anilines is 1. The second kappa shape index (κ2) is 6.45. The number of methoxy groups -OCH3 is 2. The SMILES string of the molecule is COc1cc(NCc2ccc(O)cc2O)c(OC)cc1Cl. The first-order valence-electron chi connectivity index (χ1n) is 6.21. The zero-order valence-electron chi connectivity index (χ0n) is 11.7. The number of nitrogens with one attached hydrogen (secondary N) is 1. The summed E-state index contributed by atoms with van der Waals surface area (Å²) in [6.45, 7) is 0.354. The first kappa shape index (κ1) is 15.1. The van der Waals surface area contributed by atoms with Crippen LogP contribution >= 0.6 is 11.6 Å². The highest BCUT2D eigenvalue weighted by atomic mass is 35.5. The smallest absolute Gasteiger partial charge is 0.143 e. The summed E-state index contributed by atoms with van der Waals surface area (Å²) in [5, 5.41) is 22.6. The Hall–Kier alpha value is -2.27. The van der Waals surface area contributed by atoms with Gasteiger partial charge in [-0.1, -0.05) is 11.6 Å². The molecular formula is C15H16ClNO4. The summed E-state index contributed by atoms with van der Waals surface area (Å²) < 4.78 is 10.4. The van der Waals surface area contributed by atoms with Gasteiger partial charge in [-0.15, -0.1) is 0 Å². The van der Waals surface area contributed by atoms with Crippen LogP contribution in [-0.4, -0.2) is 24.4 Å². The molecule has 3 N–H and O–H groups in total. The monoisotopic (exact) mass is 309 g/mol. The summed E-state index contributed by atoms with van der Waals surface area (Å²) >= 11 is 6.04. The molecule has 0 aliphatic heterocycles. The summed E-state index contributed by atoms with van der Waals surface area (Å²) in [4.78, 5) is 0. The zero-order valence-corrected chi connectivity index (χ0v) is 12.4. The van der Waals surface area contributed by atoms with E-state index < -0.39 is 0 Å². The van der Waals surface area contributed by atoms with Gasteiger partial charge in [0.15, 0.2) is 0 Å². The Kier molecular flexibility index (Phi) is 4.65. The van der Waals surface area contributed by atoms with Crippen molar-refractivity contribution in [3.05, 3.63) is 40.9 Å². The fourth-order valence-electron chi connectivity index (χ4n) is 1.89. The van der Waals surface area contributed by atoms with Crippen LogP contribution in [-0.2, 0) is 6.54 Å². The summed E-state index contributed by atoms with van der Waals surface area (Å²) in [6, 6.07) is 7.81. The van der Waals surface area contributed by atoms with Crippen LogP contribution in [0.1, 0.15) is 5.56 Å². The van der Waals surface area contributed by atoms with Crippen molar-refractivity contribution >= 4 is 17.3 Å². The van der Waals surface area contributed by atoms with Crippen LogP contribution in [0.5, 0.6) is 23.0 Å². The molecule has 21 heavy (non-hydrogen) atoms. The number of phenolic OH excluding ortho intramolecular Hbond substituents is 2. The van der Waals surface area contributed by atoms with Gasteiger partial charge in [-0.05, 0) is 12.1 Å². The lowest BCUT2D eigenvalue weighted by Gasteiger charge is -2.14. The van der Waals surface area contributed by atoms with Crippen LogP contribution in [0.15, 0.2) is 30.3 Å². The van der Waals surface area contributed by atoms with E-state index in [9.17, 15) is 10.2 Å². The van der Waals surface area contributed by atoms with Crippen molar-refractivity contribution < 1.29 is 19.7 Å². The Bertz CT molecular complexity index is 646. The lowest BCUT2D eigenvalue weighted by atomic mass is 10.2. The van der Waals surface area contributed by atoms with Gasteiger partial charge < -0.3 is 25.0 Å². The fourth-order valence-corrected chi connectivity index (χ4v) is 2.12. The molecule has 0 saturated heterocycles. The third-order valence-corrected chi connectivity index (χ3v) is 3.31. The fraction of sp³-hybridized carbons (Fsp3) is 0.200. The Labute approximate surface area is 127 Å². The summed E-state index contributed by atoms with van der Waals surface area (Å²) in [5.41, 5.74) is 1.33. The minimum atomic E-state index is 0.0157. The molecule has 0 heterocycles. The van der Waals surface area contributed by atoms with Gasteiger partial charge in [0.1, 0.15) is 23.0 Å². The number of benzene rings is 2. The van der Waals surface area contributed by atoms with Gasteiger partial charge >= 0.3 is 0 Å². The van der Waals surface area contributed by atoms with Gasteiger partial charge in [-0.3, -0.25) is 0 Å². The van der Waals surface area contributed by atoms with E-state index in [1.807, 2.05) is 0 Å². The quantitative estimate of drug-likeness (QED) is 0.790. The highest BCUT2D eigenvalue weighted by Crippen LogP contribution is 2.36. The molecule has 0 aliphatic carbocycles. The molecule has 2 rings (SSSR count). The number of ether oxygens (including phenoxy) is 2. The van der Waals surface area contributed by atoms with Crippen molar-refractivity contribution in [1.82, 2.24) is 0 Å². The van der Waals surface area contributed by atoms with E-state index in [4.69, 9.17) is 21.1 Å². The van der Waals surface area contributed by atoms with Crippen LogP contribution in [0.4, 0.5) is 5.69 Å². The van der Waals surface area contributed by atoms with Crippen molar-refractivity contribution in [2.45, 2.75) is 6.54 Å². The number of rotatable bonds is 5. The van der Waals surface area contributed by atoms with Gasteiger partial charge in [-0.25, -0.2) is 0 Å². The minimum Gasteiger partial charge on any atom is -0.508 e. The van der Waals surface area contributed by atoms with Crippen molar-refractivity contribution in [2.75, 3.05) is 19.5 Å². The molecule has 112 valence electrons. The molecule has 0 fully saturated rings. The second-order valence-electron chi connectivity index (χ2n) is 4.35. The van der Waals surface area contributed by atoms with Gasteiger partial charge in [0.25, 0.3) is 0 Å². The highest BCUT2D eigenvalue weighted by molar-refractivity contribution is 6.32. The predicted octanol–water partition coefficient (Wildman–Crippen LogP) is 3.38. The Morgan fingerprint density at radius 3 is 2.38 bits per heavy atom. The number of halogens is 1. The molecule has 0 saturated carbocycles. The maximum atomic E-state index is 9.76. The Balaban J connectivity index is 2.22. The molecule has 0 aromatic heterocycles. The van der Waals surface area contributed by atoms with Crippen LogP contribution in [0.3, 0.4) is 0 Å². The van der Waals surface area contributed by atoms with Crippen LogP contribution in [0, 0.1) is 0 Å². The van der Waals surface area contributed by atoms with Gasteiger partial charge in [0.2, 0.25) is 0 Å². The van der Waals surface area contributed by atoms with E-state index in [0.29, 0.717) is 34.3 Å². The normalized spacial score (nSPS) is 10.2. The first-order valence-corrected chi connectivity index (χ1v) is 6.59. The van der Waals surface area contributed by atoms with E-state index in [2.05, 4.69) is 5.32 Å². The number of phenols is 2. The number of aromatic hydroxyl groups is 2. The van der Waals surface area contributed by atoms with Gasteiger partial charge in [0, 0.05) is 30.3 Å².